The maximum atomic E-state index is 10.0. The Balaban J connectivity index is -0.000000107. The van der Waals surface area contributed by atoms with Crippen molar-refractivity contribution in [3.8, 4) is 0 Å². The van der Waals surface area contributed by atoms with Crippen LogP contribution in [0.5, 0.6) is 0 Å². The van der Waals surface area contributed by atoms with Crippen LogP contribution in [0.25, 0.3) is 0 Å². The molecule has 0 aromatic rings. The number of carbonyl (C=O) groups is 1. The molecule has 61 valence electrons. The smallest absolute Gasteiger partial charge is 0.644 e. The van der Waals surface area contributed by atoms with Crippen LogP contribution in [0.15, 0.2) is 4.58 Å². The molecule has 0 heterocycles. The Morgan fingerprint density at radius 3 is 2.33 bits per heavy atom. The van der Waals surface area contributed by atoms with Crippen LogP contribution in [-0.4, -0.2) is 5.97 Å². The van der Waals surface area contributed by atoms with Crippen molar-refractivity contribution in [2.45, 2.75) is 6.92 Å². The number of hydrogen-bond donors (Lipinski definition) is 0. The average molecular weight is 686 g/mol. The maximum Gasteiger partial charge on any atom is 1.00 e. The van der Waals surface area contributed by atoms with Crippen molar-refractivity contribution in [2.24, 2.45) is 4.58 Å². The third kappa shape index (κ3) is 17.0. The van der Waals surface area contributed by atoms with Gasteiger partial charge in [0.25, 0.3) is 0 Å². The van der Waals surface area contributed by atoms with E-state index >= 15 is 0 Å². The van der Waals surface area contributed by atoms with E-state index in [1.165, 1.54) is 6.92 Å². The second kappa shape index (κ2) is 14.3. The number of carbonyl (C=O) groups excluding carboxylic acids is 1. The first kappa shape index (κ1) is 23.0. The molecule has 0 aliphatic heterocycles. The van der Waals surface area contributed by atoms with Gasteiger partial charge in [-0.3, -0.25) is 4.79 Å². The zero-order chi connectivity index (χ0) is 7.28. The van der Waals surface area contributed by atoms with Gasteiger partial charge in [0, 0.05) is 20.4 Å². The Morgan fingerprint density at radius 1 is 1.67 bits per heavy atom. The molecule has 12 heavy (non-hydrogen) atoms. The molecule has 0 aliphatic rings. The van der Waals surface area contributed by atoms with E-state index in [1.54, 1.807) is 0 Å². The van der Waals surface area contributed by atoms with Crippen molar-refractivity contribution in [3.63, 3.8) is 0 Å². The third-order valence-corrected chi connectivity index (χ3v) is 0.838. The largest absolute Gasteiger partial charge is 1.00 e. The standard InChI is InChI=1S/C4H5NO3S.Rb.Re.Rf/c1-3(6)8-4(2)9-5-7;;;/h1H2,2H3;;;/q-2;+1;;. The number of hydrogen-bond acceptors (Lipinski definition) is 5. The van der Waals surface area contributed by atoms with Gasteiger partial charge >= 0.3 is 58.2 Å². The molecule has 0 aromatic heterocycles. The van der Waals surface area contributed by atoms with Crippen LogP contribution in [-0.2, 0) is 30.0 Å². The summed E-state index contributed by atoms with van der Waals surface area (Å²) in [5, 5.41) is 0. The van der Waals surface area contributed by atoms with Gasteiger partial charge in [-0.25, -0.2) is 0 Å². The molecule has 0 saturated heterocycles. The van der Waals surface area contributed by atoms with Gasteiger partial charge in [0.05, 0.1) is 0 Å². The zero-order valence-corrected chi connectivity index (χ0v) is 21.7. The summed E-state index contributed by atoms with van der Waals surface area (Å²) < 4.78 is 6.74. The molecule has 0 unspecified atom stereocenters. The molecule has 0 saturated carbocycles. The van der Waals surface area contributed by atoms with E-state index in [-0.39, 0.29) is 84.0 Å². The molecule has 0 amide bonds. The van der Waals surface area contributed by atoms with Crippen LogP contribution in [0, 0.1) is 17.3 Å². The summed E-state index contributed by atoms with van der Waals surface area (Å²) in [5.74, 6) is -0.691. The van der Waals surface area contributed by atoms with Gasteiger partial charge in [-0.1, -0.05) is 5.44 Å². The first-order valence-corrected chi connectivity index (χ1v) is 2.81. The summed E-state index contributed by atoms with van der Waals surface area (Å²) in [6.07, 6.45) is 0. The summed E-state index contributed by atoms with van der Waals surface area (Å²) in [6.45, 7) is 4.38. The van der Waals surface area contributed by atoms with E-state index in [0.29, 0.717) is 11.9 Å². The van der Waals surface area contributed by atoms with Crippen molar-refractivity contribution in [1.29, 1.82) is 0 Å². The fourth-order valence-corrected chi connectivity index (χ4v) is 0.467. The molecule has 0 atom stereocenters. The molecule has 0 aromatic carbocycles. The SMILES string of the molecule is [CH2-]C(=O)O[C-](C)SN=O.[Rb+].[Re].[Rf]. The molecule has 0 bridgehead atoms. The number of nitrogens with zero attached hydrogens (tertiary/aromatic N) is 1. The summed E-state index contributed by atoms with van der Waals surface area (Å²) in [7, 11) is 0. The van der Waals surface area contributed by atoms with E-state index < -0.39 is 5.97 Å². The Labute approximate surface area is 132 Å². The maximum absolute atomic E-state index is 10.0. The Hall–Kier alpha value is 0.758. The monoisotopic (exact) mass is 686 g/mol. The van der Waals surface area contributed by atoms with E-state index in [9.17, 15) is 9.70 Å². The molecule has 0 fully saturated rings. The second-order valence-electron chi connectivity index (χ2n) is 1.13. The zero-order valence-electron chi connectivity index (χ0n) is 6.87. The summed E-state index contributed by atoms with van der Waals surface area (Å²) in [5.41, 5.74) is 0.185. The van der Waals surface area contributed by atoms with Crippen LogP contribution >= 0.6 is 11.9 Å². The number of rotatable bonds is 3. The summed E-state index contributed by atoms with van der Waals surface area (Å²) >= 11 is 0.563. The normalized spacial score (nSPS) is 6.83. The first-order chi connectivity index (χ1) is 4.16. The van der Waals surface area contributed by atoms with Gasteiger partial charge in [0.2, 0.25) is 0 Å². The minimum Gasteiger partial charge on any atom is -0.644 e. The molecule has 4 nitrogen and oxygen atoms in total. The van der Waals surface area contributed by atoms with Gasteiger partial charge in [-0.2, -0.15) is 0 Å². The molecular weight excluding hydrogens is 681 g/mol. The molecule has 0 N–H and O–H groups in total. The van der Waals surface area contributed by atoms with Crippen LogP contribution in [0.2, 0.25) is 0 Å². The van der Waals surface area contributed by atoms with Gasteiger partial charge in [0.1, 0.15) is 5.97 Å². The van der Waals surface area contributed by atoms with Crippen molar-refractivity contribution >= 4 is 17.9 Å². The number of nitroso groups, excluding NO2 is 1. The Bertz CT molecular complexity index is 131. The minimum absolute atomic E-state index is 0. The van der Waals surface area contributed by atoms with Crippen molar-refractivity contribution in [1.82, 2.24) is 0 Å². The van der Waals surface area contributed by atoms with E-state index in [0.717, 1.165) is 0 Å². The van der Waals surface area contributed by atoms with Crippen LogP contribution < -0.4 is 58.2 Å². The van der Waals surface area contributed by atoms with E-state index in [1.807, 2.05) is 0 Å². The minimum atomic E-state index is -0.691. The summed E-state index contributed by atoms with van der Waals surface area (Å²) in [6, 6.07) is 0. The number of ether oxygens (including phenoxy) is 1. The average Bonchev–Trinajstić information content (AvgIpc) is 1.63. The van der Waals surface area contributed by atoms with Crippen LogP contribution in [0.4, 0.5) is 0 Å². The molecular formula is C4H5NO3RbReRfS-. The van der Waals surface area contributed by atoms with Crippen LogP contribution in [0.1, 0.15) is 6.92 Å². The first-order valence-electron chi connectivity index (χ1n) is 2.04. The predicted molar refractivity (Wildman–Crippen MR) is 33.8 cm³/mol. The van der Waals surface area contributed by atoms with Crippen molar-refractivity contribution in [3.05, 3.63) is 17.3 Å². The Kier molecular flexibility index (Phi) is 27.4. The van der Waals surface area contributed by atoms with Gasteiger partial charge in [-0.15, -0.1) is 23.8 Å². The molecule has 1 radical (unpaired) electrons. The molecule has 0 spiro atoms. The van der Waals surface area contributed by atoms with E-state index in [4.69, 9.17) is 0 Å². The van der Waals surface area contributed by atoms with E-state index in [2.05, 4.69) is 16.2 Å². The predicted octanol–water partition coefficient (Wildman–Crippen LogP) is -1.71. The van der Waals surface area contributed by atoms with Gasteiger partial charge < -0.3 is 11.7 Å². The Morgan fingerprint density at radius 2 is 2.08 bits per heavy atom. The second-order valence-corrected chi connectivity index (χ2v) is 2.04. The van der Waals surface area contributed by atoms with Gasteiger partial charge in [0.15, 0.2) is 0 Å². The quantitative estimate of drug-likeness (QED) is 0.154. The molecule has 0 rings (SSSR count). The summed E-state index contributed by atoms with van der Waals surface area (Å²) in [4.78, 5) is 19.5. The van der Waals surface area contributed by atoms with Crippen LogP contribution in [0.3, 0.4) is 0 Å². The topological polar surface area (TPSA) is 55.7 Å². The van der Waals surface area contributed by atoms with Crippen molar-refractivity contribution < 1.29 is 88.1 Å². The third-order valence-electron chi connectivity index (χ3n) is 0.423. The molecule has 0 aliphatic carbocycles. The fourth-order valence-electron chi connectivity index (χ4n) is 0.231. The van der Waals surface area contributed by atoms with Crippen molar-refractivity contribution in [2.75, 3.05) is 0 Å². The fraction of sp³-hybridized carbons (Fsp3) is 0.250. The molecule has 8 heteroatoms. The van der Waals surface area contributed by atoms with Gasteiger partial charge in [-0.05, 0) is 4.58 Å². The number of esters is 1.